The molecule has 3 rings (SSSR count). The fourth-order valence-electron chi connectivity index (χ4n) is 3.46. The highest BCUT2D eigenvalue weighted by Crippen LogP contribution is 2.22. The van der Waals surface area contributed by atoms with Crippen LogP contribution >= 0.6 is 0 Å². The Kier molecular flexibility index (Phi) is 5.93. The summed E-state index contributed by atoms with van der Waals surface area (Å²) < 4.78 is 19.3. The second-order valence-electron chi connectivity index (χ2n) is 7.00. The number of hydrogen-bond acceptors (Lipinski definition) is 4. The highest BCUT2D eigenvalue weighted by molar-refractivity contribution is 5.97. The molecule has 2 N–H and O–H groups in total. The number of benzene rings is 1. The van der Waals surface area contributed by atoms with Crippen molar-refractivity contribution < 1.29 is 23.5 Å². The van der Waals surface area contributed by atoms with E-state index >= 15 is 0 Å². The van der Waals surface area contributed by atoms with Crippen molar-refractivity contribution in [1.29, 1.82) is 0 Å². The molecule has 1 aromatic rings. The lowest BCUT2D eigenvalue weighted by Gasteiger charge is -2.25. The first-order valence-corrected chi connectivity index (χ1v) is 9.20. The van der Waals surface area contributed by atoms with E-state index in [1.807, 2.05) is 0 Å². The molecule has 1 aromatic carbocycles. The molecule has 0 spiro atoms. The van der Waals surface area contributed by atoms with E-state index in [4.69, 9.17) is 4.74 Å². The lowest BCUT2D eigenvalue weighted by atomic mass is 10.0. The Labute approximate surface area is 157 Å². The molecular weight excluding hydrogens is 353 g/mol. The Morgan fingerprint density at radius 1 is 1.26 bits per heavy atom. The second kappa shape index (κ2) is 8.37. The van der Waals surface area contributed by atoms with Crippen molar-refractivity contribution in [2.24, 2.45) is 5.92 Å². The first kappa shape index (κ1) is 19.1. The smallest absolute Gasteiger partial charge is 0.255 e. The number of rotatable bonds is 0. The van der Waals surface area contributed by atoms with E-state index in [-0.39, 0.29) is 29.3 Å². The zero-order valence-corrected chi connectivity index (χ0v) is 15.3. The molecule has 8 heteroatoms. The van der Waals surface area contributed by atoms with Crippen LogP contribution < -0.4 is 15.4 Å². The van der Waals surface area contributed by atoms with Crippen LogP contribution in [0, 0.1) is 11.7 Å². The largest absolute Gasteiger partial charge is 0.493 e. The quantitative estimate of drug-likeness (QED) is 0.708. The highest BCUT2D eigenvalue weighted by atomic mass is 19.1. The molecule has 0 aromatic heterocycles. The average molecular weight is 377 g/mol. The fraction of sp³-hybridized carbons (Fsp3) is 0.526. The van der Waals surface area contributed by atoms with Crippen molar-refractivity contribution in [3.05, 3.63) is 29.6 Å². The maximum absolute atomic E-state index is 13.7. The van der Waals surface area contributed by atoms with Crippen molar-refractivity contribution >= 4 is 17.7 Å². The lowest BCUT2D eigenvalue weighted by Crippen LogP contribution is -2.45. The molecule has 27 heavy (non-hydrogen) atoms. The van der Waals surface area contributed by atoms with Crippen LogP contribution in [-0.4, -0.2) is 54.9 Å². The molecule has 0 aliphatic carbocycles. The zero-order chi connectivity index (χ0) is 19.4. The molecule has 0 saturated carbocycles. The Bertz CT molecular complexity index is 740. The van der Waals surface area contributed by atoms with Crippen LogP contribution in [0.3, 0.4) is 0 Å². The third kappa shape index (κ3) is 4.75. The van der Waals surface area contributed by atoms with Gasteiger partial charge >= 0.3 is 0 Å². The van der Waals surface area contributed by atoms with Crippen molar-refractivity contribution in [2.75, 3.05) is 26.2 Å². The molecule has 7 nitrogen and oxygen atoms in total. The number of likely N-dealkylation sites (tertiary alicyclic amines) is 1. The molecule has 2 bridgehead atoms. The fourth-order valence-corrected chi connectivity index (χ4v) is 3.46. The van der Waals surface area contributed by atoms with Crippen LogP contribution in [0.15, 0.2) is 18.2 Å². The predicted octanol–water partition coefficient (Wildman–Crippen LogP) is 1.08. The molecule has 1 saturated heterocycles. The van der Waals surface area contributed by atoms with Crippen LogP contribution in [0.2, 0.25) is 0 Å². The summed E-state index contributed by atoms with van der Waals surface area (Å²) in [7, 11) is 0. The van der Waals surface area contributed by atoms with E-state index in [1.165, 1.54) is 19.1 Å². The Morgan fingerprint density at radius 2 is 2.07 bits per heavy atom. The van der Waals surface area contributed by atoms with Gasteiger partial charge in [-0.1, -0.05) is 0 Å². The molecule has 0 unspecified atom stereocenters. The van der Waals surface area contributed by atoms with Gasteiger partial charge in [-0.25, -0.2) is 4.39 Å². The standard InChI is InChI=1S/C19H24FN3O4/c1-12(24)23-10-13-3-5-15(11-23)22-19(26)16-9-14(20)4-6-17(16)27-8-2-7-21-18(13)25/h4,6,9,13,15H,2-3,5,7-8,10-11H2,1H3,(H,21,25)(H,22,26)/t13-,15+/m0/s1. The topological polar surface area (TPSA) is 87.7 Å². The van der Waals surface area contributed by atoms with Gasteiger partial charge in [0, 0.05) is 32.6 Å². The van der Waals surface area contributed by atoms with Gasteiger partial charge in [-0.3, -0.25) is 14.4 Å². The second-order valence-corrected chi connectivity index (χ2v) is 7.00. The Balaban J connectivity index is 1.89. The predicted molar refractivity (Wildman–Crippen MR) is 95.8 cm³/mol. The zero-order valence-electron chi connectivity index (χ0n) is 15.3. The van der Waals surface area contributed by atoms with Gasteiger partial charge in [0.05, 0.1) is 18.1 Å². The van der Waals surface area contributed by atoms with Crippen molar-refractivity contribution in [3.63, 3.8) is 0 Å². The molecule has 2 aliphatic rings. The average Bonchev–Trinajstić information content (AvgIpc) is 2.84. The van der Waals surface area contributed by atoms with E-state index < -0.39 is 11.7 Å². The van der Waals surface area contributed by atoms with Gasteiger partial charge in [0.25, 0.3) is 5.91 Å². The van der Waals surface area contributed by atoms with Crippen LogP contribution in [-0.2, 0) is 9.59 Å². The van der Waals surface area contributed by atoms with Gasteiger partial charge in [0.1, 0.15) is 11.6 Å². The molecule has 3 amide bonds. The van der Waals surface area contributed by atoms with E-state index in [0.717, 1.165) is 6.07 Å². The summed E-state index contributed by atoms with van der Waals surface area (Å²) >= 11 is 0. The number of nitrogens with one attached hydrogen (secondary N) is 2. The summed E-state index contributed by atoms with van der Waals surface area (Å²) in [5.41, 5.74) is 0.131. The van der Waals surface area contributed by atoms with Crippen LogP contribution in [0.5, 0.6) is 5.75 Å². The summed E-state index contributed by atoms with van der Waals surface area (Å²) in [5, 5.41) is 5.76. The highest BCUT2D eigenvalue weighted by Gasteiger charge is 2.31. The maximum Gasteiger partial charge on any atom is 0.255 e. The van der Waals surface area contributed by atoms with Crippen molar-refractivity contribution in [2.45, 2.75) is 32.2 Å². The molecule has 0 radical (unpaired) electrons. The Morgan fingerprint density at radius 3 is 2.85 bits per heavy atom. The third-order valence-corrected chi connectivity index (χ3v) is 4.96. The van der Waals surface area contributed by atoms with E-state index in [2.05, 4.69) is 10.6 Å². The number of fused-ring (bicyclic) bond motifs is 4. The van der Waals surface area contributed by atoms with Gasteiger partial charge in [-0.2, -0.15) is 0 Å². The first-order chi connectivity index (χ1) is 12.9. The maximum atomic E-state index is 13.7. The number of carbonyl (C=O) groups is 3. The normalized spacial score (nSPS) is 24.0. The van der Waals surface area contributed by atoms with Crippen molar-refractivity contribution in [1.82, 2.24) is 15.5 Å². The van der Waals surface area contributed by atoms with E-state index in [0.29, 0.717) is 51.3 Å². The van der Waals surface area contributed by atoms with E-state index in [9.17, 15) is 18.8 Å². The van der Waals surface area contributed by atoms with Gasteiger partial charge in [0.15, 0.2) is 0 Å². The SMILES string of the molecule is CC(=O)N1C[C@H]2CC[C@@H](C1)C(=O)NCCCOc1ccc(F)cc1C(=O)N2. The monoisotopic (exact) mass is 377 g/mol. The molecule has 2 aliphatic heterocycles. The Hall–Kier alpha value is -2.64. The van der Waals surface area contributed by atoms with Gasteiger partial charge in [-0.15, -0.1) is 0 Å². The molecule has 1 fully saturated rings. The number of carbonyl (C=O) groups excluding carboxylic acids is 3. The van der Waals surface area contributed by atoms with Crippen LogP contribution in [0.4, 0.5) is 4.39 Å². The minimum atomic E-state index is -0.521. The lowest BCUT2D eigenvalue weighted by molar-refractivity contribution is -0.131. The minimum absolute atomic E-state index is 0.0900. The van der Waals surface area contributed by atoms with Crippen LogP contribution in [0.1, 0.15) is 36.5 Å². The van der Waals surface area contributed by atoms with Gasteiger partial charge in [0.2, 0.25) is 11.8 Å². The number of nitrogens with zero attached hydrogens (tertiary/aromatic N) is 1. The van der Waals surface area contributed by atoms with Crippen LogP contribution in [0.25, 0.3) is 0 Å². The third-order valence-electron chi connectivity index (χ3n) is 4.96. The molecule has 2 heterocycles. The minimum Gasteiger partial charge on any atom is -0.493 e. The molecule has 2 atom stereocenters. The summed E-state index contributed by atoms with van der Waals surface area (Å²) in [6.07, 6.45) is 1.67. The first-order valence-electron chi connectivity index (χ1n) is 9.20. The van der Waals surface area contributed by atoms with Gasteiger partial charge in [-0.05, 0) is 37.5 Å². The number of halogens is 1. The number of hydrogen-bond donors (Lipinski definition) is 2. The number of amides is 3. The summed E-state index contributed by atoms with van der Waals surface area (Å²) in [4.78, 5) is 38.7. The van der Waals surface area contributed by atoms with Crippen molar-refractivity contribution in [3.8, 4) is 5.75 Å². The number of ether oxygens (including phenoxy) is 1. The summed E-state index contributed by atoms with van der Waals surface area (Å²) in [6.45, 7) is 2.82. The summed E-state index contributed by atoms with van der Waals surface area (Å²) in [5.74, 6) is -1.22. The van der Waals surface area contributed by atoms with Gasteiger partial charge < -0.3 is 20.3 Å². The molecular formula is C19H24FN3O4. The summed E-state index contributed by atoms with van der Waals surface area (Å²) in [6, 6.07) is 3.50. The molecule has 146 valence electrons. The van der Waals surface area contributed by atoms with E-state index in [1.54, 1.807) is 4.90 Å².